The summed E-state index contributed by atoms with van der Waals surface area (Å²) in [6.07, 6.45) is 0. The highest BCUT2D eigenvalue weighted by atomic mass is 32.2. The number of hydrogen-bond donors (Lipinski definition) is 2. The molecule has 1 atom stereocenters. The topological polar surface area (TPSA) is 83.5 Å². The van der Waals surface area contributed by atoms with Crippen LogP contribution in [0.3, 0.4) is 0 Å². The zero-order chi connectivity index (χ0) is 15.6. The number of thiophene rings is 1. The summed E-state index contributed by atoms with van der Waals surface area (Å²) >= 11 is 1.19. The maximum Gasteiger partial charge on any atom is 0.327 e. The summed E-state index contributed by atoms with van der Waals surface area (Å²) in [6.45, 7) is 3.58. The van der Waals surface area contributed by atoms with E-state index in [0.717, 1.165) is 11.1 Å². The van der Waals surface area contributed by atoms with Crippen molar-refractivity contribution in [1.82, 2.24) is 4.72 Å². The molecule has 2 aromatic rings. The average Bonchev–Trinajstić information content (AvgIpc) is 2.88. The van der Waals surface area contributed by atoms with Crippen LogP contribution in [0.15, 0.2) is 40.6 Å². The highest BCUT2D eigenvalue weighted by molar-refractivity contribution is 7.89. The first-order valence-electron chi connectivity index (χ1n) is 6.16. The van der Waals surface area contributed by atoms with Gasteiger partial charge in [0, 0.05) is 4.88 Å². The van der Waals surface area contributed by atoms with Crippen molar-refractivity contribution < 1.29 is 18.3 Å². The van der Waals surface area contributed by atoms with E-state index < -0.39 is 22.0 Å². The Morgan fingerprint density at radius 1 is 1.24 bits per heavy atom. The van der Waals surface area contributed by atoms with E-state index in [1.807, 2.05) is 6.07 Å². The van der Waals surface area contributed by atoms with Crippen LogP contribution in [0.1, 0.15) is 22.0 Å². The lowest BCUT2D eigenvalue weighted by molar-refractivity contribution is -0.139. The van der Waals surface area contributed by atoms with Gasteiger partial charge in [-0.1, -0.05) is 12.1 Å². The molecule has 1 aromatic heterocycles. The second kappa shape index (κ2) is 5.97. The zero-order valence-electron chi connectivity index (χ0n) is 11.5. The molecule has 0 amide bonds. The lowest BCUT2D eigenvalue weighted by Gasteiger charge is -2.14. The molecule has 0 bridgehead atoms. The van der Waals surface area contributed by atoms with E-state index in [-0.39, 0.29) is 4.90 Å². The standard InChI is InChI=1S/C14H15NO4S2/c1-9-6-10(2)8-11(7-9)21(18,19)15-13(14(16)17)12-4-3-5-20-12/h3-8,13,15H,1-2H3,(H,16,17). The SMILES string of the molecule is Cc1cc(C)cc(S(=O)(=O)NC(C(=O)O)c2cccs2)c1. The Kier molecular flexibility index (Phi) is 4.46. The number of hydrogen-bond acceptors (Lipinski definition) is 4. The molecule has 2 rings (SSSR count). The van der Waals surface area contributed by atoms with Crippen molar-refractivity contribution in [2.75, 3.05) is 0 Å². The molecule has 1 aromatic carbocycles. The van der Waals surface area contributed by atoms with Crippen LogP contribution in [0.25, 0.3) is 0 Å². The Morgan fingerprint density at radius 3 is 2.33 bits per heavy atom. The predicted octanol–water partition coefficient (Wildman–Crippen LogP) is 2.47. The van der Waals surface area contributed by atoms with Gasteiger partial charge in [-0.2, -0.15) is 4.72 Å². The quantitative estimate of drug-likeness (QED) is 0.884. The van der Waals surface area contributed by atoms with Gasteiger partial charge in [0.25, 0.3) is 0 Å². The Hall–Kier alpha value is -1.70. The predicted molar refractivity (Wildman–Crippen MR) is 80.9 cm³/mol. The van der Waals surface area contributed by atoms with Crippen molar-refractivity contribution in [3.63, 3.8) is 0 Å². The van der Waals surface area contributed by atoms with Crippen molar-refractivity contribution in [1.29, 1.82) is 0 Å². The molecule has 1 heterocycles. The second-order valence-electron chi connectivity index (χ2n) is 4.73. The van der Waals surface area contributed by atoms with Crippen LogP contribution >= 0.6 is 11.3 Å². The molecule has 0 aliphatic rings. The number of nitrogens with one attached hydrogen (secondary N) is 1. The molecule has 2 N–H and O–H groups in total. The summed E-state index contributed by atoms with van der Waals surface area (Å²) in [5.41, 5.74) is 1.61. The molecule has 0 radical (unpaired) electrons. The van der Waals surface area contributed by atoms with Gasteiger partial charge in [-0.25, -0.2) is 8.42 Å². The number of carboxylic acid groups (broad SMARTS) is 1. The molecule has 0 spiro atoms. The largest absolute Gasteiger partial charge is 0.480 e. The first kappa shape index (κ1) is 15.7. The van der Waals surface area contributed by atoms with E-state index in [0.29, 0.717) is 4.88 Å². The van der Waals surface area contributed by atoms with Gasteiger partial charge in [-0.3, -0.25) is 4.79 Å². The minimum absolute atomic E-state index is 0.0720. The van der Waals surface area contributed by atoms with Gasteiger partial charge in [0.15, 0.2) is 6.04 Å². The third-order valence-corrected chi connectivity index (χ3v) is 5.19. The van der Waals surface area contributed by atoms with Gasteiger partial charge >= 0.3 is 5.97 Å². The van der Waals surface area contributed by atoms with Crippen LogP contribution in [0, 0.1) is 13.8 Å². The zero-order valence-corrected chi connectivity index (χ0v) is 13.2. The van der Waals surface area contributed by atoms with E-state index in [1.54, 1.807) is 31.4 Å². The lowest BCUT2D eigenvalue weighted by Crippen LogP contribution is -2.33. The van der Waals surface area contributed by atoms with Crippen molar-refractivity contribution in [3.8, 4) is 0 Å². The molecule has 0 aliphatic heterocycles. The summed E-state index contributed by atoms with van der Waals surface area (Å²) in [4.78, 5) is 11.8. The molecule has 21 heavy (non-hydrogen) atoms. The molecule has 0 aliphatic carbocycles. The fourth-order valence-electron chi connectivity index (χ4n) is 2.00. The van der Waals surface area contributed by atoms with Gasteiger partial charge in [0.1, 0.15) is 0 Å². The molecular formula is C14H15NO4S2. The highest BCUT2D eigenvalue weighted by Gasteiger charge is 2.27. The van der Waals surface area contributed by atoms with Crippen molar-refractivity contribution in [2.45, 2.75) is 24.8 Å². The van der Waals surface area contributed by atoms with E-state index in [4.69, 9.17) is 0 Å². The van der Waals surface area contributed by atoms with E-state index in [9.17, 15) is 18.3 Å². The molecule has 0 fully saturated rings. The molecule has 0 saturated heterocycles. The fraction of sp³-hybridized carbons (Fsp3) is 0.214. The number of aliphatic carboxylic acids is 1. The van der Waals surface area contributed by atoms with Crippen molar-refractivity contribution >= 4 is 27.3 Å². The number of aryl methyl sites for hydroxylation is 2. The van der Waals surface area contributed by atoms with Crippen LogP contribution in [-0.2, 0) is 14.8 Å². The monoisotopic (exact) mass is 325 g/mol. The summed E-state index contributed by atoms with van der Waals surface area (Å²) < 4.78 is 27.0. The summed E-state index contributed by atoms with van der Waals surface area (Å²) in [5, 5.41) is 10.9. The fourth-order valence-corrected chi connectivity index (χ4v) is 4.20. The Morgan fingerprint density at radius 2 is 1.86 bits per heavy atom. The molecule has 7 heteroatoms. The minimum Gasteiger partial charge on any atom is -0.480 e. The summed E-state index contributed by atoms with van der Waals surface area (Å²) in [6, 6.07) is 6.88. The van der Waals surface area contributed by atoms with Gasteiger partial charge in [-0.15, -0.1) is 11.3 Å². The van der Waals surface area contributed by atoms with E-state index in [2.05, 4.69) is 4.72 Å². The maximum atomic E-state index is 12.4. The van der Waals surface area contributed by atoms with Crippen LogP contribution in [-0.4, -0.2) is 19.5 Å². The first-order chi connectivity index (χ1) is 9.79. The third-order valence-electron chi connectivity index (χ3n) is 2.85. The van der Waals surface area contributed by atoms with Gasteiger partial charge < -0.3 is 5.11 Å². The number of sulfonamides is 1. The smallest absolute Gasteiger partial charge is 0.327 e. The molecule has 112 valence electrons. The summed E-state index contributed by atoms with van der Waals surface area (Å²) in [7, 11) is -3.90. The molecule has 0 saturated carbocycles. The van der Waals surface area contributed by atoms with Gasteiger partial charge in [-0.05, 0) is 48.6 Å². The average molecular weight is 325 g/mol. The Bertz CT molecular complexity index is 731. The van der Waals surface area contributed by atoms with Crippen LogP contribution in [0.4, 0.5) is 0 Å². The normalized spacial score (nSPS) is 13.0. The Balaban J connectivity index is 2.37. The van der Waals surface area contributed by atoms with Crippen molar-refractivity contribution in [2.24, 2.45) is 0 Å². The van der Waals surface area contributed by atoms with Crippen LogP contribution < -0.4 is 4.72 Å². The number of benzene rings is 1. The number of carbonyl (C=O) groups is 1. The van der Waals surface area contributed by atoms with E-state index >= 15 is 0 Å². The third kappa shape index (κ3) is 3.69. The molecule has 1 unspecified atom stereocenters. The van der Waals surface area contributed by atoms with Crippen LogP contribution in [0.5, 0.6) is 0 Å². The first-order valence-corrected chi connectivity index (χ1v) is 8.53. The second-order valence-corrected chi connectivity index (χ2v) is 7.42. The van der Waals surface area contributed by atoms with E-state index in [1.165, 1.54) is 23.5 Å². The van der Waals surface area contributed by atoms with Gasteiger partial charge in [0.2, 0.25) is 10.0 Å². The van der Waals surface area contributed by atoms with Crippen LogP contribution in [0.2, 0.25) is 0 Å². The molecule has 5 nitrogen and oxygen atoms in total. The minimum atomic E-state index is -3.90. The van der Waals surface area contributed by atoms with Gasteiger partial charge in [0.05, 0.1) is 4.90 Å². The Labute approximate surface area is 127 Å². The van der Waals surface area contributed by atoms with Crippen molar-refractivity contribution in [3.05, 3.63) is 51.7 Å². The number of rotatable bonds is 5. The number of carboxylic acids is 1. The highest BCUT2D eigenvalue weighted by Crippen LogP contribution is 2.22. The lowest BCUT2D eigenvalue weighted by atomic mass is 10.2. The maximum absolute atomic E-state index is 12.4. The molecular weight excluding hydrogens is 310 g/mol. The summed E-state index contributed by atoms with van der Waals surface area (Å²) in [5.74, 6) is -1.23.